The quantitative estimate of drug-likeness (QED) is 0.595. The first-order valence-electron chi connectivity index (χ1n) is 10.2. The zero-order valence-corrected chi connectivity index (χ0v) is 16.6. The summed E-state index contributed by atoms with van der Waals surface area (Å²) in [7, 11) is 0. The Balaban J connectivity index is 1.55. The van der Waals surface area contributed by atoms with E-state index in [1.54, 1.807) is 6.07 Å². The van der Waals surface area contributed by atoms with Gasteiger partial charge in [0.25, 0.3) is 5.91 Å². The number of benzene rings is 2. The SMILES string of the molecule is CC[C@H]1CCCCN1C(=O)COc1ccc2c(-c3ccccc3)cc(=O)oc2c1. The third kappa shape index (κ3) is 4.19. The van der Waals surface area contributed by atoms with E-state index in [2.05, 4.69) is 6.92 Å². The zero-order chi connectivity index (χ0) is 20.2. The molecule has 5 nitrogen and oxygen atoms in total. The van der Waals surface area contributed by atoms with Crippen LogP contribution in [-0.4, -0.2) is 30.0 Å². The predicted molar refractivity (Wildman–Crippen MR) is 113 cm³/mol. The predicted octanol–water partition coefficient (Wildman–Crippen LogP) is 4.63. The first kappa shape index (κ1) is 19.2. The highest BCUT2D eigenvalue weighted by Crippen LogP contribution is 2.29. The Morgan fingerprint density at radius 2 is 1.97 bits per heavy atom. The summed E-state index contributed by atoms with van der Waals surface area (Å²) in [4.78, 5) is 26.6. The number of likely N-dealkylation sites (tertiary alicyclic amines) is 1. The van der Waals surface area contributed by atoms with Crippen LogP contribution in [0.2, 0.25) is 0 Å². The lowest BCUT2D eigenvalue weighted by Crippen LogP contribution is -2.45. The summed E-state index contributed by atoms with van der Waals surface area (Å²) < 4.78 is 11.1. The van der Waals surface area contributed by atoms with E-state index in [9.17, 15) is 9.59 Å². The Morgan fingerprint density at radius 3 is 2.76 bits per heavy atom. The number of ether oxygens (including phenoxy) is 1. The third-order valence-electron chi connectivity index (χ3n) is 5.58. The molecule has 0 saturated carbocycles. The normalized spacial score (nSPS) is 16.7. The molecule has 1 aliphatic rings. The molecule has 150 valence electrons. The molecule has 1 aromatic heterocycles. The van der Waals surface area contributed by atoms with Crippen molar-refractivity contribution in [3.63, 3.8) is 0 Å². The molecule has 4 rings (SSSR count). The summed E-state index contributed by atoms with van der Waals surface area (Å²) in [5, 5.41) is 0.830. The molecule has 2 heterocycles. The van der Waals surface area contributed by atoms with Gasteiger partial charge in [0, 0.05) is 30.1 Å². The number of carbonyl (C=O) groups excluding carboxylic acids is 1. The van der Waals surface area contributed by atoms with Crippen LogP contribution in [0.4, 0.5) is 0 Å². The Kier molecular flexibility index (Phi) is 5.65. The molecule has 0 aliphatic carbocycles. The summed E-state index contributed by atoms with van der Waals surface area (Å²) in [5.41, 5.74) is 1.80. The largest absolute Gasteiger partial charge is 0.484 e. The lowest BCUT2D eigenvalue weighted by Gasteiger charge is -2.35. The standard InChI is InChI=1S/C24H25NO4/c1-2-18-10-6-7-13-25(18)23(26)16-28-19-11-12-20-21(17-8-4-3-5-9-17)15-24(27)29-22(20)14-19/h3-5,8-9,11-12,14-15,18H,2,6-7,10,13,16H2,1H3/t18-/m0/s1. The van der Waals surface area contributed by atoms with Gasteiger partial charge in [-0.2, -0.15) is 0 Å². The van der Waals surface area contributed by atoms with Crippen LogP contribution in [0.1, 0.15) is 32.6 Å². The number of rotatable bonds is 5. The molecule has 1 atom stereocenters. The van der Waals surface area contributed by atoms with E-state index in [4.69, 9.17) is 9.15 Å². The van der Waals surface area contributed by atoms with Gasteiger partial charge < -0.3 is 14.1 Å². The van der Waals surface area contributed by atoms with Crippen molar-refractivity contribution in [2.24, 2.45) is 0 Å². The van der Waals surface area contributed by atoms with Crippen molar-refractivity contribution in [1.29, 1.82) is 0 Å². The topological polar surface area (TPSA) is 59.8 Å². The van der Waals surface area contributed by atoms with Crippen molar-refractivity contribution in [3.8, 4) is 16.9 Å². The minimum absolute atomic E-state index is 0.00931. The second kappa shape index (κ2) is 8.52. The fourth-order valence-electron chi connectivity index (χ4n) is 4.07. The fraction of sp³-hybridized carbons (Fsp3) is 0.333. The van der Waals surface area contributed by atoms with E-state index in [0.717, 1.165) is 42.3 Å². The summed E-state index contributed by atoms with van der Waals surface area (Å²) in [5.74, 6) is 0.528. The molecule has 0 N–H and O–H groups in total. The van der Waals surface area contributed by atoms with Crippen LogP contribution in [0.25, 0.3) is 22.1 Å². The van der Waals surface area contributed by atoms with Gasteiger partial charge in [0.15, 0.2) is 6.61 Å². The minimum atomic E-state index is -0.413. The average Bonchev–Trinajstić information content (AvgIpc) is 2.77. The van der Waals surface area contributed by atoms with E-state index in [-0.39, 0.29) is 12.5 Å². The number of hydrogen-bond donors (Lipinski definition) is 0. The molecule has 0 bridgehead atoms. The van der Waals surface area contributed by atoms with Crippen molar-refractivity contribution in [2.45, 2.75) is 38.6 Å². The van der Waals surface area contributed by atoms with E-state index in [1.165, 1.54) is 12.5 Å². The molecule has 5 heteroatoms. The van der Waals surface area contributed by atoms with Crippen LogP contribution in [0.15, 0.2) is 63.8 Å². The third-order valence-corrected chi connectivity index (χ3v) is 5.58. The first-order valence-corrected chi connectivity index (χ1v) is 10.2. The molecule has 3 aromatic rings. The Bertz CT molecular complexity index is 1060. The molecule has 2 aromatic carbocycles. The van der Waals surface area contributed by atoms with E-state index >= 15 is 0 Å². The van der Waals surface area contributed by atoms with Crippen molar-refractivity contribution >= 4 is 16.9 Å². The average molecular weight is 391 g/mol. The van der Waals surface area contributed by atoms with Gasteiger partial charge in [0.1, 0.15) is 11.3 Å². The van der Waals surface area contributed by atoms with Crippen LogP contribution < -0.4 is 10.4 Å². The second-order valence-corrected chi connectivity index (χ2v) is 7.44. The van der Waals surface area contributed by atoms with Crippen molar-refractivity contribution in [2.75, 3.05) is 13.2 Å². The second-order valence-electron chi connectivity index (χ2n) is 7.44. The summed E-state index contributed by atoms with van der Waals surface area (Å²) in [6, 6.07) is 16.9. The van der Waals surface area contributed by atoms with Gasteiger partial charge in [-0.25, -0.2) is 4.79 Å². The van der Waals surface area contributed by atoms with E-state index < -0.39 is 5.63 Å². The van der Waals surface area contributed by atoms with Gasteiger partial charge in [-0.1, -0.05) is 37.3 Å². The molecule has 1 saturated heterocycles. The van der Waals surface area contributed by atoms with Gasteiger partial charge in [-0.3, -0.25) is 4.79 Å². The van der Waals surface area contributed by atoms with Gasteiger partial charge in [0.2, 0.25) is 0 Å². The van der Waals surface area contributed by atoms with Crippen LogP contribution in [0, 0.1) is 0 Å². The molecule has 1 fully saturated rings. The zero-order valence-electron chi connectivity index (χ0n) is 16.6. The van der Waals surface area contributed by atoms with Gasteiger partial charge in [-0.15, -0.1) is 0 Å². The molecule has 1 aliphatic heterocycles. The maximum absolute atomic E-state index is 12.6. The lowest BCUT2D eigenvalue weighted by molar-refractivity contribution is -0.137. The summed E-state index contributed by atoms with van der Waals surface area (Å²) in [6.07, 6.45) is 4.25. The fourth-order valence-corrected chi connectivity index (χ4v) is 4.07. The molecular formula is C24H25NO4. The molecular weight excluding hydrogens is 366 g/mol. The maximum atomic E-state index is 12.6. The molecule has 0 spiro atoms. The van der Waals surface area contributed by atoms with Crippen LogP contribution in [0.5, 0.6) is 5.75 Å². The highest BCUT2D eigenvalue weighted by atomic mass is 16.5. The number of amides is 1. The molecule has 0 unspecified atom stereocenters. The Hall–Kier alpha value is -3.08. The number of fused-ring (bicyclic) bond motifs is 1. The van der Waals surface area contributed by atoms with Crippen molar-refractivity contribution in [1.82, 2.24) is 4.90 Å². The molecule has 29 heavy (non-hydrogen) atoms. The molecule has 0 radical (unpaired) electrons. The van der Waals surface area contributed by atoms with Crippen molar-refractivity contribution in [3.05, 3.63) is 65.0 Å². The number of piperidine rings is 1. The monoisotopic (exact) mass is 391 g/mol. The molecule has 1 amide bonds. The number of carbonyl (C=O) groups is 1. The highest BCUT2D eigenvalue weighted by Gasteiger charge is 2.25. The lowest BCUT2D eigenvalue weighted by atomic mass is 10.00. The smallest absolute Gasteiger partial charge is 0.336 e. The van der Waals surface area contributed by atoms with Crippen LogP contribution in [-0.2, 0) is 4.79 Å². The van der Waals surface area contributed by atoms with E-state index in [1.807, 2.05) is 47.4 Å². The van der Waals surface area contributed by atoms with E-state index in [0.29, 0.717) is 17.4 Å². The summed E-state index contributed by atoms with van der Waals surface area (Å²) in [6.45, 7) is 2.91. The summed E-state index contributed by atoms with van der Waals surface area (Å²) >= 11 is 0. The number of hydrogen-bond acceptors (Lipinski definition) is 4. The van der Waals surface area contributed by atoms with Crippen molar-refractivity contribution < 1.29 is 13.9 Å². The Labute approximate surface area is 169 Å². The van der Waals surface area contributed by atoms with Crippen LogP contribution >= 0.6 is 0 Å². The highest BCUT2D eigenvalue weighted by molar-refractivity contribution is 5.93. The van der Waals surface area contributed by atoms with Gasteiger partial charge in [-0.05, 0) is 48.9 Å². The van der Waals surface area contributed by atoms with Gasteiger partial charge in [0.05, 0.1) is 0 Å². The van der Waals surface area contributed by atoms with Crippen LogP contribution in [0.3, 0.4) is 0 Å². The maximum Gasteiger partial charge on any atom is 0.336 e. The first-order chi connectivity index (χ1) is 14.2. The Morgan fingerprint density at radius 1 is 1.14 bits per heavy atom. The van der Waals surface area contributed by atoms with Gasteiger partial charge >= 0.3 is 5.63 Å². The minimum Gasteiger partial charge on any atom is -0.484 e. The number of nitrogens with zero attached hydrogens (tertiary/aromatic N) is 1.